The van der Waals surface area contributed by atoms with Gasteiger partial charge in [-0.15, -0.1) is 0 Å². The van der Waals surface area contributed by atoms with Crippen molar-refractivity contribution in [2.45, 2.75) is 0 Å². The summed E-state index contributed by atoms with van der Waals surface area (Å²) in [6, 6.07) is 6.18. The van der Waals surface area contributed by atoms with Crippen molar-refractivity contribution in [3.63, 3.8) is 0 Å². The molecule has 0 saturated carbocycles. The maximum Gasteiger partial charge on any atom is 0.212 e. The van der Waals surface area contributed by atoms with E-state index in [1.807, 2.05) is 0 Å². The molecule has 1 aromatic heterocycles. The number of rotatable bonds is 1. The molecule has 1 nitrogen and oxygen atoms in total. The quantitative estimate of drug-likeness (QED) is 0.536. The standard InChI is InChI=1S/C11H5Cl3FN/c12-8-3-2-7(10(13)11(8)14)6-1-4-9(15)16-5-6/h1-5H. The molecule has 0 aliphatic carbocycles. The van der Waals surface area contributed by atoms with Gasteiger partial charge in [-0.25, -0.2) is 4.98 Å². The first-order chi connectivity index (χ1) is 7.59. The first-order valence-corrected chi connectivity index (χ1v) is 5.48. The molecule has 0 fully saturated rings. The van der Waals surface area contributed by atoms with Gasteiger partial charge in [-0.3, -0.25) is 0 Å². The van der Waals surface area contributed by atoms with Crippen LogP contribution in [0.2, 0.25) is 15.1 Å². The van der Waals surface area contributed by atoms with Gasteiger partial charge in [0.15, 0.2) is 0 Å². The van der Waals surface area contributed by atoms with Crippen LogP contribution in [0.3, 0.4) is 0 Å². The highest BCUT2D eigenvalue weighted by Gasteiger charge is 2.10. The van der Waals surface area contributed by atoms with Gasteiger partial charge in [-0.2, -0.15) is 4.39 Å². The number of hydrogen-bond acceptors (Lipinski definition) is 1. The summed E-state index contributed by atoms with van der Waals surface area (Å²) in [6.07, 6.45) is 1.39. The predicted octanol–water partition coefficient (Wildman–Crippen LogP) is 4.85. The van der Waals surface area contributed by atoms with Crippen LogP contribution in [0, 0.1) is 5.95 Å². The SMILES string of the molecule is Fc1ccc(-c2ccc(Cl)c(Cl)c2Cl)cn1. The van der Waals surface area contributed by atoms with E-state index in [1.54, 1.807) is 18.2 Å². The molecule has 2 rings (SSSR count). The Kier molecular flexibility index (Phi) is 3.33. The van der Waals surface area contributed by atoms with Crippen molar-refractivity contribution in [3.8, 4) is 11.1 Å². The highest BCUT2D eigenvalue weighted by molar-refractivity contribution is 6.49. The fourth-order valence-corrected chi connectivity index (χ4v) is 1.93. The third-order valence-corrected chi connectivity index (χ3v) is 3.37. The van der Waals surface area contributed by atoms with Crippen molar-refractivity contribution in [2.24, 2.45) is 0 Å². The summed E-state index contributed by atoms with van der Waals surface area (Å²) >= 11 is 17.7. The van der Waals surface area contributed by atoms with Gasteiger partial charge in [0.2, 0.25) is 5.95 Å². The lowest BCUT2D eigenvalue weighted by Crippen LogP contribution is -1.85. The fourth-order valence-electron chi connectivity index (χ4n) is 1.28. The molecular weight excluding hydrogens is 271 g/mol. The number of halogens is 4. The van der Waals surface area contributed by atoms with Gasteiger partial charge in [0.05, 0.1) is 15.1 Å². The van der Waals surface area contributed by atoms with Crippen LogP contribution in [-0.2, 0) is 0 Å². The Hall–Kier alpha value is -0.830. The molecule has 0 radical (unpaired) electrons. The summed E-state index contributed by atoms with van der Waals surface area (Å²) in [7, 11) is 0. The monoisotopic (exact) mass is 275 g/mol. The maximum absolute atomic E-state index is 12.7. The van der Waals surface area contributed by atoms with E-state index >= 15 is 0 Å². The van der Waals surface area contributed by atoms with Gasteiger partial charge in [-0.05, 0) is 18.2 Å². The zero-order valence-electron chi connectivity index (χ0n) is 7.85. The molecule has 0 amide bonds. The molecule has 16 heavy (non-hydrogen) atoms. The van der Waals surface area contributed by atoms with E-state index in [0.29, 0.717) is 21.2 Å². The van der Waals surface area contributed by atoms with Gasteiger partial charge in [-0.1, -0.05) is 40.9 Å². The van der Waals surface area contributed by atoms with Crippen LogP contribution in [-0.4, -0.2) is 4.98 Å². The van der Waals surface area contributed by atoms with Gasteiger partial charge in [0, 0.05) is 17.3 Å². The van der Waals surface area contributed by atoms with Crippen molar-refractivity contribution in [1.82, 2.24) is 4.98 Å². The van der Waals surface area contributed by atoms with Crippen molar-refractivity contribution < 1.29 is 4.39 Å². The minimum absolute atomic E-state index is 0.283. The number of hydrogen-bond donors (Lipinski definition) is 0. The highest BCUT2D eigenvalue weighted by Crippen LogP contribution is 2.37. The molecule has 0 atom stereocenters. The maximum atomic E-state index is 12.7. The number of nitrogens with zero attached hydrogens (tertiary/aromatic N) is 1. The van der Waals surface area contributed by atoms with Crippen molar-refractivity contribution >= 4 is 34.8 Å². The first-order valence-electron chi connectivity index (χ1n) is 4.35. The zero-order valence-corrected chi connectivity index (χ0v) is 10.1. The lowest BCUT2D eigenvalue weighted by molar-refractivity contribution is 0.584. The average Bonchev–Trinajstić information content (AvgIpc) is 2.28. The Morgan fingerprint density at radius 3 is 2.31 bits per heavy atom. The van der Waals surface area contributed by atoms with Crippen LogP contribution in [0.5, 0.6) is 0 Å². The Balaban J connectivity index is 2.57. The van der Waals surface area contributed by atoms with E-state index in [4.69, 9.17) is 34.8 Å². The van der Waals surface area contributed by atoms with E-state index in [2.05, 4.69) is 4.98 Å². The summed E-state index contributed by atoms with van der Waals surface area (Å²) in [5.41, 5.74) is 1.36. The van der Waals surface area contributed by atoms with E-state index in [1.165, 1.54) is 12.3 Å². The van der Waals surface area contributed by atoms with Crippen LogP contribution in [0.15, 0.2) is 30.5 Å². The van der Waals surface area contributed by atoms with Crippen LogP contribution in [0.1, 0.15) is 0 Å². The van der Waals surface area contributed by atoms with Gasteiger partial charge < -0.3 is 0 Å². The molecule has 0 unspecified atom stereocenters. The average molecular weight is 277 g/mol. The van der Waals surface area contributed by atoms with Gasteiger partial charge in [0.1, 0.15) is 0 Å². The zero-order chi connectivity index (χ0) is 11.7. The Morgan fingerprint density at radius 2 is 1.69 bits per heavy atom. The lowest BCUT2D eigenvalue weighted by Gasteiger charge is -2.06. The Bertz CT molecular complexity index is 525. The number of pyridine rings is 1. The highest BCUT2D eigenvalue weighted by atomic mass is 35.5. The van der Waals surface area contributed by atoms with Gasteiger partial charge in [0.25, 0.3) is 0 Å². The Labute approximate surface area is 107 Å². The summed E-state index contributed by atoms with van der Waals surface area (Å²) < 4.78 is 12.7. The van der Waals surface area contributed by atoms with Crippen molar-refractivity contribution in [2.75, 3.05) is 0 Å². The van der Waals surface area contributed by atoms with Crippen molar-refractivity contribution in [3.05, 3.63) is 51.5 Å². The van der Waals surface area contributed by atoms with Crippen LogP contribution in [0.4, 0.5) is 4.39 Å². The molecule has 2 aromatic rings. The van der Waals surface area contributed by atoms with Crippen LogP contribution in [0.25, 0.3) is 11.1 Å². The molecule has 0 spiro atoms. The molecule has 0 saturated heterocycles. The summed E-state index contributed by atoms with van der Waals surface area (Å²) in [5.74, 6) is -0.542. The van der Waals surface area contributed by atoms with Crippen LogP contribution < -0.4 is 0 Å². The normalized spacial score (nSPS) is 10.5. The molecule has 5 heteroatoms. The number of aromatic nitrogens is 1. The van der Waals surface area contributed by atoms with Crippen molar-refractivity contribution in [1.29, 1.82) is 0 Å². The second-order valence-electron chi connectivity index (χ2n) is 3.09. The molecular formula is C11H5Cl3FN. The van der Waals surface area contributed by atoms with E-state index in [9.17, 15) is 4.39 Å². The Morgan fingerprint density at radius 1 is 0.938 bits per heavy atom. The molecule has 0 N–H and O–H groups in total. The van der Waals surface area contributed by atoms with Gasteiger partial charge >= 0.3 is 0 Å². The molecule has 1 aromatic carbocycles. The van der Waals surface area contributed by atoms with E-state index in [-0.39, 0.29) is 5.02 Å². The molecule has 82 valence electrons. The summed E-state index contributed by atoms with van der Waals surface area (Å²) in [4.78, 5) is 3.55. The third kappa shape index (κ3) is 2.14. The minimum atomic E-state index is -0.542. The minimum Gasteiger partial charge on any atom is -0.228 e. The molecule has 0 bridgehead atoms. The second-order valence-corrected chi connectivity index (χ2v) is 4.26. The topological polar surface area (TPSA) is 12.9 Å². The molecule has 1 heterocycles. The smallest absolute Gasteiger partial charge is 0.212 e. The largest absolute Gasteiger partial charge is 0.228 e. The van der Waals surface area contributed by atoms with E-state index < -0.39 is 5.95 Å². The molecule has 0 aliphatic rings. The fraction of sp³-hybridized carbons (Fsp3) is 0. The third-order valence-electron chi connectivity index (χ3n) is 2.07. The summed E-state index contributed by atoms with van der Waals surface area (Å²) in [6.45, 7) is 0. The van der Waals surface area contributed by atoms with E-state index in [0.717, 1.165) is 0 Å². The lowest BCUT2D eigenvalue weighted by atomic mass is 10.1. The predicted molar refractivity (Wildman–Crippen MR) is 64.7 cm³/mol. The number of benzene rings is 1. The second kappa shape index (κ2) is 4.58. The first kappa shape index (κ1) is 11.6. The van der Waals surface area contributed by atoms with Crippen LogP contribution >= 0.6 is 34.8 Å². The summed E-state index contributed by atoms with van der Waals surface area (Å²) in [5, 5.41) is 0.998. The molecule has 0 aliphatic heterocycles.